The third-order valence-corrected chi connectivity index (χ3v) is 4.19. The average molecular weight is 253 g/mol. The van der Waals surface area contributed by atoms with Crippen LogP contribution in [0.4, 0.5) is 0 Å². The maximum atomic E-state index is 6.23. The minimum Gasteiger partial charge on any atom is -0.374 e. The standard InChI is InChI=1S/C16H31NO/c1-6-17-15(12-13(3)4)16(18-7-2)10-8-14(5)9-11-16/h14-15,17H,3,6-12H2,1-2,4-5H3. The molecular weight excluding hydrogens is 222 g/mol. The van der Waals surface area contributed by atoms with Crippen LogP contribution in [0.25, 0.3) is 0 Å². The Morgan fingerprint density at radius 2 is 2.00 bits per heavy atom. The minimum atomic E-state index is 0.0379. The number of rotatable bonds is 7. The fourth-order valence-corrected chi connectivity index (χ4v) is 3.17. The van der Waals surface area contributed by atoms with Crippen LogP contribution in [-0.4, -0.2) is 24.8 Å². The van der Waals surface area contributed by atoms with Crippen LogP contribution in [-0.2, 0) is 4.74 Å². The molecule has 2 heteroatoms. The first kappa shape index (κ1) is 15.7. The van der Waals surface area contributed by atoms with Gasteiger partial charge in [0, 0.05) is 12.6 Å². The molecule has 106 valence electrons. The third kappa shape index (κ3) is 4.10. The molecule has 0 aliphatic heterocycles. The van der Waals surface area contributed by atoms with E-state index in [0.29, 0.717) is 6.04 Å². The fraction of sp³-hybridized carbons (Fsp3) is 0.875. The van der Waals surface area contributed by atoms with Crippen molar-refractivity contribution in [3.8, 4) is 0 Å². The van der Waals surface area contributed by atoms with Crippen molar-refractivity contribution in [3.63, 3.8) is 0 Å². The zero-order chi connectivity index (χ0) is 13.6. The van der Waals surface area contributed by atoms with E-state index < -0.39 is 0 Å². The maximum Gasteiger partial charge on any atom is 0.0837 e. The van der Waals surface area contributed by atoms with E-state index in [4.69, 9.17) is 4.74 Å². The van der Waals surface area contributed by atoms with Gasteiger partial charge in [0.25, 0.3) is 0 Å². The number of hydrogen-bond donors (Lipinski definition) is 1. The van der Waals surface area contributed by atoms with Crippen molar-refractivity contribution in [1.82, 2.24) is 5.32 Å². The van der Waals surface area contributed by atoms with Gasteiger partial charge in [0.2, 0.25) is 0 Å². The monoisotopic (exact) mass is 253 g/mol. The van der Waals surface area contributed by atoms with Crippen molar-refractivity contribution in [2.45, 2.75) is 71.4 Å². The molecule has 1 atom stereocenters. The van der Waals surface area contributed by atoms with Crippen molar-refractivity contribution in [1.29, 1.82) is 0 Å². The van der Waals surface area contributed by atoms with Gasteiger partial charge in [0.05, 0.1) is 5.60 Å². The van der Waals surface area contributed by atoms with Crippen LogP contribution >= 0.6 is 0 Å². The van der Waals surface area contributed by atoms with E-state index in [-0.39, 0.29) is 5.60 Å². The molecule has 1 fully saturated rings. The zero-order valence-corrected chi connectivity index (χ0v) is 12.7. The van der Waals surface area contributed by atoms with Gasteiger partial charge < -0.3 is 10.1 Å². The molecule has 0 aromatic rings. The van der Waals surface area contributed by atoms with Gasteiger partial charge in [-0.25, -0.2) is 0 Å². The molecule has 1 saturated carbocycles. The second-order valence-electron chi connectivity index (χ2n) is 5.95. The molecule has 0 spiro atoms. The van der Waals surface area contributed by atoms with Gasteiger partial charge in [-0.2, -0.15) is 0 Å². The summed E-state index contributed by atoms with van der Waals surface area (Å²) in [5, 5.41) is 3.64. The van der Waals surface area contributed by atoms with Gasteiger partial charge in [-0.05, 0) is 58.4 Å². The summed E-state index contributed by atoms with van der Waals surface area (Å²) < 4.78 is 6.23. The molecule has 1 unspecified atom stereocenters. The molecule has 1 rings (SSSR count). The van der Waals surface area contributed by atoms with Crippen LogP contribution in [0.3, 0.4) is 0 Å². The van der Waals surface area contributed by atoms with Crippen LogP contribution in [0.2, 0.25) is 0 Å². The normalized spacial score (nSPS) is 30.1. The van der Waals surface area contributed by atoms with Crippen LogP contribution in [0.5, 0.6) is 0 Å². The number of nitrogens with one attached hydrogen (secondary N) is 1. The predicted molar refractivity (Wildman–Crippen MR) is 78.9 cm³/mol. The van der Waals surface area contributed by atoms with Crippen LogP contribution in [0.15, 0.2) is 12.2 Å². The highest BCUT2D eigenvalue weighted by molar-refractivity contribution is 5.03. The minimum absolute atomic E-state index is 0.0379. The van der Waals surface area contributed by atoms with E-state index in [9.17, 15) is 0 Å². The van der Waals surface area contributed by atoms with E-state index in [1.165, 1.54) is 31.3 Å². The van der Waals surface area contributed by atoms with Crippen molar-refractivity contribution in [3.05, 3.63) is 12.2 Å². The summed E-state index contributed by atoms with van der Waals surface area (Å²) in [7, 11) is 0. The molecule has 0 radical (unpaired) electrons. The number of ether oxygens (including phenoxy) is 1. The summed E-state index contributed by atoms with van der Waals surface area (Å²) in [6.07, 6.45) is 5.98. The lowest BCUT2D eigenvalue weighted by Crippen LogP contribution is -2.54. The maximum absolute atomic E-state index is 6.23. The van der Waals surface area contributed by atoms with Gasteiger partial charge in [-0.3, -0.25) is 0 Å². The zero-order valence-electron chi connectivity index (χ0n) is 12.7. The van der Waals surface area contributed by atoms with Crippen LogP contribution in [0.1, 0.15) is 59.8 Å². The largest absolute Gasteiger partial charge is 0.374 e. The Morgan fingerprint density at radius 1 is 1.39 bits per heavy atom. The lowest BCUT2D eigenvalue weighted by Gasteiger charge is -2.45. The van der Waals surface area contributed by atoms with Crippen LogP contribution in [0, 0.1) is 5.92 Å². The van der Waals surface area contributed by atoms with E-state index in [2.05, 4.69) is 39.6 Å². The molecule has 0 aromatic carbocycles. The fourth-order valence-electron chi connectivity index (χ4n) is 3.17. The molecule has 2 nitrogen and oxygen atoms in total. The summed E-state index contributed by atoms with van der Waals surface area (Å²) in [4.78, 5) is 0. The third-order valence-electron chi connectivity index (χ3n) is 4.19. The Balaban J connectivity index is 2.80. The molecule has 18 heavy (non-hydrogen) atoms. The highest BCUT2D eigenvalue weighted by atomic mass is 16.5. The number of hydrogen-bond acceptors (Lipinski definition) is 2. The predicted octanol–water partition coefficient (Wildman–Crippen LogP) is 3.92. The average Bonchev–Trinajstić information content (AvgIpc) is 2.32. The Labute approximate surface area is 113 Å². The van der Waals surface area contributed by atoms with Gasteiger partial charge in [0.15, 0.2) is 0 Å². The Hall–Kier alpha value is -0.340. The van der Waals surface area contributed by atoms with Gasteiger partial charge in [-0.1, -0.05) is 19.4 Å². The molecule has 0 amide bonds. The van der Waals surface area contributed by atoms with Crippen LogP contribution < -0.4 is 5.32 Å². The van der Waals surface area contributed by atoms with Gasteiger partial charge in [-0.15, -0.1) is 6.58 Å². The number of likely N-dealkylation sites (N-methyl/N-ethyl adjacent to an activating group) is 1. The molecule has 0 aromatic heterocycles. The summed E-state index contributed by atoms with van der Waals surface area (Å²) in [6, 6.07) is 0.424. The van der Waals surface area contributed by atoms with E-state index >= 15 is 0 Å². The van der Waals surface area contributed by atoms with Crippen molar-refractivity contribution in [2.24, 2.45) is 5.92 Å². The smallest absolute Gasteiger partial charge is 0.0837 e. The second kappa shape index (κ2) is 7.30. The summed E-state index contributed by atoms with van der Waals surface area (Å²) >= 11 is 0. The Morgan fingerprint density at radius 3 is 2.44 bits per heavy atom. The highest BCUT2D eigenvalue weighted by Gasteiger charge is 2.41. The summed E-state index contributed by atoms with van der Waals surface area (Å²) in [5.74, 6) is 0.852. The summed E-state index contributed by atoms with van der Waals surface area (Å²) in [5.41, 5.74) is 1.29. The van der Waals surface area contributed by atoms with E-state index in [0.717, 1.165) is 25.5 Å². The molecule has 1 aliphatic rings. The lowest BCUT2D eigenvalue weighted by molar-refractivity contribution is -0.0957. The van der Waals surface area contributed by atoms with Crippen molar-refractivity contribution < 1.29 is 4.74 Å². The molecule has 0 heterocycles. The molecular formula is C16H31NO. The molecule has 0 bridgehead atoms. The first-order valence-corrected chi connectivity index (χ1v) is 7.55. The molecule has 1 N–H and O–H groups in total. The molecule has 0 saturated heterocycles. The van der Waals surface area contributed by atoms with Gasteiger partial charge in [0.1, 0.15) is 0 Å². The van der Waals surface area contributed by atoms with Crippen molar-refractivity contribution >= 4 is 0 Å². The SMILES string of the molecule is C=C(C)CC(NCC)C1(OCC)CCC(C)CC1. The summed E-state index contributed by atoms with van der Waals surface area (Å²) in [6.45, 7) is 14.7. The highest BCUT2D eigenvalue weighted by Crippen LogP contribution is 2.38. The Kier molecular flexibility index (Phi) is 6.37. The molecule has 1 aliphatic carbocycles. The quantitative estimate of drug-likeness (QED) is 0.694. The lowest BCUT2D eigenvalue weighted by atomic mass is 9.73. The van der Waals surface area contributed by atoms with Gasteiger partial charge >= 0.3 is 0 Å². The second-order valence-corrected chi connectivity index (χ2v) is 5.95. The first-order chi connectivity index (χ1) is 8.54. The topological polar surface area (TPSA) is 21.3 Å². The van der Waals surface area contributed by atoms with E-state index in [1.54, 1.807) is 0 Å². The van der Waals surface area contributed by atoms with E-state index in [1.807, 2.05) is 0 Å². The first-order valence-electron chi connectivity index (χ1n) is 7.55. The Bertz CT molecular complexity index is 254. The van der Waals surface area contributed by atoms with Crippen molar-refractivity contribution in [2.75, 3.05) is 13.2 Å².